The van der Waals surface area contributed by atoms with Crippen LogP contribution in [0.25, 0.3) is 0 Å². The van der Waals surface area contributed by atoms with Crippen LogP contribution in [0.4, 0.5) is 11.4 Å². The van der Waals surface area contributed by atoms with Gasteiger partial charge in [-0.15, -0.1) is 0 Å². The van der Waals surface area contributed by atoms with E-state index in [2.05, 4.69) is 17.0 Å². The normalized spacial score (nSPS) is 19.4. The number of fused-ring (bicyclic) bond motifs is 1. The first kappa shape index (κ1) is 19.8. The van der Waals surface area contributed by atoms with E-state index in [9.17, 15) is 9.90 Å². The molecular formula is C24H19N3O2S2. The molecule has 3 aromatic rings. The van der Waals surface area contributed by atoms with Gasteiger partial charge in [0.2, 0.25) is 0 Å². The number of aliphatic imine (C=N–C) groups is 1. The van der Waals surface area contributed by atoms with E-state index in [0.29, 0.717) is 22.3 Å². The molecule has 0 aliphatic carbocycles. The molecule has 5 rings (SSSR count). The second-order valence-electron chi connectivity index (χ2n) is 7.11. The minimum absolute atomic E-state index is 0.107. The van der Waals surface area contributed by atoms with Crippen molar-refractivity contribution in [3.05, 3.63) is 94.4 Å². The number of amides is 1. The van der Waals surface area contributed by atoms with Gasteiger partial charge in [-0.1, -0.05) is 54.2 Å². The number of phenols is 1. The largest absolute Gasteiger partial charge is 0.508 e. The fraction of sp³-hybridized carbons (Fsp3) is 0.0833. The number of hydrogen-bond acceptors (Lipinski definition) is 6. The zero-order valence-corrected chi connectivity index (χ0v) is 18.4. The van der Waals surface area contributed by atoms with Crippen LogP contribution in [0, 0.1) is 0 Å². The Balaban J connectivity index is 1.55. The van der Waals surface area contributed by atoms with Gasteiger partial charge in [-0.25, -0.2) is 0 Å². The SMILES string of the molecule is CN1/C(=C2/SC(=NCc3ccccc3)N(c3ccc(O)cc3)C2=O)Sc2ccccc21. The van der Waals surface area contributed by atoms with Crippen molar-refractivity contribution in [2.45, 2.75) is 11.4 Å². The van der Waals surface area contributed by atoms with Crippen molar-refractivity contribution < 1.29 is 9.90 Å². The number of rotatable bonds is 3. The first-order valence-corrected chi connectivity index (χ1v) is 11.4. The van der Waals surface area contributed by atoms with Gasteiger partial charge in [0.1, 0.15) is 10.7 Å². The number of carbonyl (C=O) groups is 1. The van der Waals surface area contributed by atoms with Crippen molar-refractivity contribution >= 4 is 46.0 Å². The Morgan fingerprint density at radius 2 is 1.61 bits per heavy atom. The Morgan fingerprint density at radius 1 is 0.903 bits per heavy atom. The number of benzene rings is 3. The number of para-hydroxylation sites is 1. The molecule has 1 amide bonds. The van der Waals surface area contributed by atoms with Crippen LogP contribution in [0.15, 0.2) is 98.7 Å². The topological polar surface area (TPSA) is 56.1 Å². The molecule has 0 unspecified atom stereocenters. The number of amidine groups is 1. The van der Waals surface area contributed by atoms with Gasteiger partial charge in [0, 0.05) is 11.9 Å². The van der Waals surface area contributed by atoms with Crippen LogP contribution in [0.2, 0.25) is 0 Å². The second kappa shape index (κ2) is 8.17. The Hall–Kier alpha value is -3.16. The Bertz CT molecular complexity index is 1210. The molecule has 5 nitrogen and oxygen atoms in total. The monoisotopic (exact) mass is 445 g/mol. The summed E-state index contributed by atoms with van der Waals surface area (Å²) >= 11 is 3.00. The molecule has 2 aliphatic rings. The van der Waals surface area contributed by atoms with Crippen LogP contribution >= 0.6 is 23.5 Å². The molecule has 31 heavy (non-hydrogen) atoms. The van der Waals surface area contributed by atoms with Gasteiger partial charge in [0.15, 0.2) is 5.17 Å². The van der Waals surface area contributed by atoms with Gasteiger partial charge in [-0.05, 0) is 53.7 Å². The Morgan fingerprint density at radius 3 is 2.35 bits per heavy atom. The van der Waals surface area contributed by atoms with Crippen LogP contribution in [-0.2, 0) is 11.3 Å². The molecule has 2 aliphatic heterocycles. The van der Waals surface area contributed by atoms with E-state index in [1.54, 1.807) is 40.9 Å². The number of carbonyl (C=O) groups excluding carboxylic acids is 1. The number of nitrogens with zero attached hydrogens (tertiary/aromatic N) is 3. The molecule has 154 valence electrons. The smallest absolute Gasteiger partial charge is 0.274 e. The van der Waals surface area contributed by atoms with E-state index >= 15 is 0 Å². The molecule has 0 saturated carbocycles. The van der Waals surface area contributed by atoms with Crippen molar-refractivity contribution in [3.8, 4) is 5.75 Å². The summed E-state index contributed by atoms with van der Waals surface area (Å²) < 4.78 is 0. The van der Waals surface area contributed by atoms with E-state index < -0.39 is 0 Å². The molecule has 0 radical (unpaired) electrons. The molecule has 0 aromatic heterocycles. The van der Waals surface area contributed by atoms with Crippen molar-refractivity contribution in [1.29, 1.82) is 0 Å². The lowest BCUT2D eigenvalue weighted by atomic mass is 10.2. The summed E-state index contributed by atoms with van der Waals surface area (Å²) in [6.45, 7) is 0.483. The summed E-state index contributed by atoms with van der Waals surface area (Å²) in [6, 6.07) is 24.7. The molecule has 0 bridgehead atoms. The highest BCUT2D eigenvalue weighted by Gasteiger charge is 2.39. The van der Waals surface area contributed by atoms with Crippen LogP contribution in [0.3, 0.4) is 0 Å². The van der Waals surface area contributed by atoms with Gasteiger partial charge in [0.05, 0.1) is 22.9 Å². The zero-order chi connectivity index (χ0) is 21.4. The summed E-state index contributed by atoms with van der Waals surface area (Å²) in [5.41, 5.74) is 2.85. The molecule has 2 heterocycles. The molecule has 3 aromatic carbocycles. The molecule has 0 atom stereocenters. The molecular weight excluding hydrogens is 426 g/mol. The third kappa shape index (κ3) is 3.71. The highest BCUT2D eigenvalue weighted by Crippen LogP contribution is 2.50. The lowest BCUT2D eigenvalue weighted by Gasteiger charge is -2.17. The highest BCUT2D eigenvalue weighted by molar-refractivity contribution is 8.20. The third-order valence-electron chi connectivity index (χ3n) is 5.06. The maximum atomic E-state index is 13.6. The van der Waals surface area contributed by atoms with Crippen LogP contribution in [0.5, 0.6) is 5.75 Å². The van der Waals surface area contributed by atoms with Gasteiger partial charge in [-0.2, -0.15) is 0 Å². The van der Waals surface area contributed by atoms with Gasteiger partial charge < -0.3 is 10.0 Å². The fourth-order valence-corrected chi connectivity index (χ4v) is 5.80. The first-order chi connectivity index (χ1) is 15.1. The summed E-state index contributed by atoms with van der Waals surface area (Å²) in [6.07, 6.45) is 0. The van der Waals surface area contributed by atoms with E-state index in [1.807, 2.05) is 49.5 Å². The fourth-order valence-electron chi connectivity index (χ4n) is 3.48. The maximum Gasteiger partial charge on any atom is 0.274 e. The summed E-state index contributed by atoms with van der Waals surface area (Å²) in [7, 11) is 1.99. The average molecular weight is 446 g/mol. The van der Waals surface area contributed by atoms with Gasteiger partial charge >= 0.3 is 0 Å². The van der Waals surface area contributed by atoms with E-state index in [1.165, 1.54) is 11.8 Å². The predicted octanol–water partition coefficient (Wildman–Crippen LogP) is 5.44. The molecule has 0 spiro atoms. The molecule has 1 fully saturated rings. The molecule has 1 saturated heterocycles. The van der Waals surface area contributed by atoms with Crippen LogP contribution in [0.1, 0.15) is 5.56 Å². The average Bonchev–Trinajstić information content (AvgIpc) is 3.30. The Labute approximate surface area is 189 Å². The lowest BCUT2D eigenvalue weighted by molar-refractivity contribution is -0.113. The summed E-state index contributed by atoms with van der Waals surface area (Å²) in [4.78, 5) is 23.8. The van der Waals surface area contributed by atoms with E-state index in [-0.39, 0.29) is 11.7 Å². The van der Waals surface area contributed by atoms with E-state index in [0.717, 1.165) is 21.2 Å². The standard InChI is InChI=1S/C24H19N3O2S2/c1-26-19-9-5-6-10-20(19)30-23(26)21-22(29)27(17-11-13-18(28)14-12-17)24(31-21)25-15-16-7-3-2-4-8-16/h2-14,28H,15H2,1H3/b23-21-,25-24?. The molecule has 7 heteroatoms. The zero-order valence-electron chi connectivity index (χ0n) is 16.7. The number of hydrogen-bond donors (Lipinski definition) is 1. The van der Waals surface area contributed by atoms with Gasteiger partial charge in [0.25, 0.3) is 5.91 Å². The first-order valence-electron chi connectivity index (χ1n) is 9.76. The summed E-state index contributed by atoms with van der Waals surface area (Å²) in [5, 5.41) is 11.2. The number of aromatic hydroxyl groups is 1. The predicted molar refractivity (Wildman–Crippen MR) is 128 cm³/mol. The number of phenolic OH excluding ortho intramolecular Hbond substituents is 1. The summed E-state index contributed by atoms with van der Waals surface area (Å²) in [5.74, 6) is 0.0515. The quantitative estimate of drug-likeness (QED) is 0.544. The van der Waals surface area contributed by atoms with Crippen molar-refractivity contribution in [3.63, 3.8) is 0 Å². The van der Waals surface area contributed by atoms with Crippen molar-refractivity contribution in [1.82, 2.24) is 0 Å². The van der Waals surface area contributed by atoms with Crippen molar-refractivity contribution in [2.75, 3.05) is 16.8 Å². The second-order valence-corrected chi connectivity index (χ2v) is 9.11. The molecule has 1 N–H and O–H groups in total. The van der Waals surface area contributed by atoms with E-state index in [4.69, 9.17) is 4.99 Å². The third-order valence-corrected chi connectivity index (χ3v) is 7.49. The minimum Gasteiger partial charge on any atom is -0.508 e. The minimum atomic E-state index is -0.107. The maximum absolute atomic E-state index is 13.6. The number of thioether (sulfide) groups is 2. The van der Waals surface area contributed by atoms with Crippen LogP contribution in [-0.4, -0.2) is 23.2 Å². The van der Waals surface area contributed by atoms with Crippen LogP contribution < -0.4 is 9.80 Å². The Kier molecular flexibility index (Phi) is 5.21. The van der Waals surface area contributed by atoms with Crippen molar-refractivity contribution in [2.24, 2.45) is 4.99 Å². The highest BCUT2D eigenvalue weighted by atomic mass is 32.2. The lowest BCUT2D eigenvalue weighted by Crippen LogP contribution is -2.29. The van der Waals surface area contributed by atoms with Gasteiger partial charge in [-0.3, -0.25) is 14.7 Å². The number of anilines is 2.